The van der Waals surface area contributed by atoms with Gasteiger partial charge in [-0.2, -0.15) is 0 Å². The maximum Gasteiger partial charge on any atom is 0.251 e. The molecule has 2 heterocycles. The van der Waals surface area contributed by atoms with Crippen molar-refractivity contribution in [2.24, 2.45) is 0 Å². The number of H-pyrrole nitrogens is 1. The highest BCUT2D eigenvalue weighted by Gasteiger charge is 2.38. The number of carbonyl (C=O) groups excluding carboxylic acids is 1. The summed E-state index contributed by atoms with van der Waals surface area (Å²) in [6.07, 6.45) is 6.17. The molecule has 1 amide bonds. The molecule has 9 heteroatoms. The lowest BCUT2D eigenvalue weighted by Gasteiger charge is -2.34. The van der Waals surface area contributed by atoms with Gasteiger partial charge in [0.05, 0.1) is 17.3 Å². The summed E-state index contributed by atoms with van der Waals surface area (Å²) in [6.45, 7) is 2.02. The van der Waals surface area contributed by atoms with Crippen LogP contribution in [0.25, 0.3) is 0 Å². The smallest absolute Gasteiger partial charge is 0.251 e. The second-order valence-corrected chi connectivity index (χ2v) is 10.6. The molecule has 1 saturated heterocycles. The first-order valence-electron chi connectivity index (χ1n) is 9.62. The highest BCUT2D eigenvalue weighted by Crippen LogP contribution is 2.30. The van der Waals surface area contributed by atoms with Gasteiger partial charge in [-0.15, -0.1) is 0 Å². The van der Waals surface area contributed by atoms with Gasteiger partial charge in [-0.25, -0.2) is 13.4 Å². The van der Waals surface area contributed by atoms with Crippen molar-refractivity contribution in [3.8, 4) is 0 Å². The van der Waals surface area contributed by atoms with Crippen molar-refractivity contribution in [2.75, 3.05) is 17.3 Å². The lowest BCUT2D eigenvalue weighted by molar-refractivity contribution is -0.132. The van der Waals surface area contributed by atoms with Crippen LogP contribution in [-0.4, -0.2) is 58.5 Å². The number of thioether (sulfide) groups is 1. The van der Waals surface area contributed by atoms with Crippen LogP contribution in [0.4, 0.5) is 0 Å². The number of aromatic nitrogens is 2. The minimum Gasteiger partial charge on any atom is -0.335 e. The summed E-state index contributed by atoms with van der Waals surface area (Å²) >= 11 is 1.22. The van der Waals surface area contributed by atoms with Gasteiger partial charge in [-0.1, -0.05) is 37.9 Å². The Kier molecular flexibility index (Phi) is 6.62. The number of nitrogens with one attached hydrogen (secondary N) is 1. The van der Waals surface area contributed by atoms with E-state index in [1.165, 1.54) is 17.8 Å². The summed E-state index contributed by atoms with van der Waals surface area (Å²) in [5.41, 5.74) is 0.517. The van der Waals surface area contributed by atoms with Crippen LogP contribution >= 0.6 is 11.8 Å². The van der Waals surface area contributed by atoms with E-state index in [-0.39, 0.29) is 40.8 Å². The van der Waals surface area contributed by atoms with Crippen LogP contribution in [0.15, 0.2) is 16.0 Å². The highest BCUT2D eigenvalue weighted by molar-refractivity contribution is 7.99. The molecule has 1 N–H and O–H groups in total. The van der Waals surface area contributed by atoms with E-state index in [0.717, 1.165) is 44.2 Å². The largest absolute Gasteiger partial charge is 0.335 e. The van der Waals surface area contributed by atoms with Crippen LogP contribution in [-0.2, 0) is 21.1 Å². The maximum atomic E-state index is 13.0. The lowest BCUT2D eigenvalue weighted by Crippen LogP contribution is -2.47. The molecule has 0 radical (unpaired) electrons. The minimum absolute atomic E-state index is 0.0578. The molecule has 27 heavy (non-hydrogen) atoms. The quantitative estimate of drug-likeness (QED) is 0.540. The molecule has 1 aliphatic heterocycles. The van der Waals surface area contributed by atoms with Gasteiger partial charge in [0.25, 0.3) is 5.56 Å². The van der Waals surface area contributed by atoms with E-state index in [9.17, 15) is 18.0 Å². The summed E-state index contributed by atoms with van der Waals surface area (Å²) in [5.74, 6) is 0.333. The number of nitrogens with zero attached hydrogens (tertiary/aromatic N) is 2. The number of sulfone groups is 1. The minimum atomic E-state index is -3.05. The number of rotatable bonds is 7. The molecule has 0 aromatic carbocycles. The number of carbonyl (C=O) groups is 1. The zero-order chi connectivity index (χ0) is 19.4. The Bertz CT molecular complexity index is 831. The van der Waals surface area contributed by atoms with Crippen LogP contribution in [0, 0.1) is 0 Å². The molecule has 3 rings (SSSR count). The van der Waals surface area contributed by atoms with Crippen molar-refractivity contribution in [1.82, 2.24) is 14.9 Å². The Balaban J connectivity index is 1.70. The predicted molar refractivity (Wildman–Crippen MR) is 106 cm³/mol. The predicted octanol–water partition coefficient (Wildman–Crippen LogP) is 1.77. The molecule has 2 fully saturated rings. The summed E-state index contributed by atoms with van der Waals surface area (Å²) in [4.78, 5) is 33.7. The first-order valence-corrected chi connectivity index (χ1v) is 12.4. The zero-order valence-electron chi connectivity index (χ0n) is 15.6. The first kappa shape index (κ1) is 20.4. The van der Waals surface area contributed by atoms with Crippen LogP contribution in [0.1, 0.15) is 51.1 Å². The number of aryl methyl sites for hydroxylation is 1. The van der Waals surface area contributed by atoms with E-state index < -0.39 is 9.84 Å². The third-order valence-electron chi connectivity index (χ3n) is 5.22. The number of hydrogen-bond acceptors (Lipinski definition) is 6. The van der Waals surface area contributed by atoms with Crippen molar-refractivity contribution in [3.05, 3.63) is 22.1 Å². The average molecular weight is 414 g/mol. The molecule has 1 saturated carbocycles. The molecule has 1 aromatic rings. The topological polar surface area (TPSA) is 100 Å². The monoisotopic (exact) mass is 413 g/mol. The van der Waals surface area contributed by atoms with Gasteiger partial charge in [0.15, 0.2) is 15.0 Å². The standard InChI is InChI=1S/C18H27N3O4S2/c1-2-5-13-10-16(22)20-18(19-13)26-11-17(23)21(14-6-3-4-7-14)15-8-9-27(24,25)12-15/h10,14-15H,2-9,11-12H2,1H3,(H,19,20,22)/t15-/m1/s1. The van der Waals surface area contributed by atoms with Crippen molar-refractivity contribution < 1.29 is 13.2 Å². The normalized spacial score (nSPS) is 22.2. The molecule has 0 spiro atoms. The Morgan fingerprint density at radius 1 is 1.30 bits per heavy atom. The second kappa shape index (κ2) is 8.77. The zero-order valence-corrected chi connectivity index (χ0v) is 17.3. The molecule has 0 unspecified atom stereocenters. The van der Waals surface area contributed by atoms with Gasteiger partial charge in [0, 0.05) is 23.8 Å². The van der Waals surface area contributed by atoms with Crippen molar-refractivity contribution in [3.63, 3.8) is 0 Å². The molecule has 0 bridgehead atoms. The fraction of sp³-hybridized carbons (Fsp3) is 0.722. The van der Waals surface area contributed by atoms with Crippen molar-refractivity contribution in [2.45, 2.75) is 69.1 Å². The molecule has 1 aliphatic carbocycles. The number of amides is 1. The average Bonchev–Trinajstić information content (AvgIpc) is 3.23. The van der Waals surface area contributed by atoms with Gasteiger partial charge in [0.1, 0.15) is 0 Å². The highest BCUT2D eigenvalue weighted by atomic mass is 32.2. The Morgan fingerprint density at radius 3 is 2.67 bits per heavy atom. The molecular weight excluding hydrogens is 386 g/mol. The molecule has 1 aromatic heterocycles. The van der Waals surface area contributed by atoms with Crippen molar-refractivity contribution >= 4 is 27.5 Å². The first-order chi connectivity index (χ1) is 12.9. The van der Waals surface area contributed by atoms with Gasteiger partial charge in [-0.3, -0.25) is 9.59 Å². The van der Waals surface area contributed by atoms with E-state index >= 15 is 0 Å². The fourth-order valence-electron chi connectivity index (χ4n) is 4.02. The van der Waals surface area contributed by atoms with E-state index in [1.807, 2.05) is 11.8 Å². The Labute approximate surface area is 164 Å². The van der Waals surface area contributed by atoms with Gasteiger partial charge < -0.3 is 9.88 Å². The van der Waals surface area contributed by atoms with Crippen molar-refractivity contribution in [1.29, 1.82) is 0 Å². The fourth-order valence-corrected chi connectivity index (χ4v) is 6.50. The summed E-state index contributed by atoms with van der Waals surface area (Å²) < 4.78 is 23.8. The third kappa shape index (κ3) is 5.34. The molecule has 1 atom stereocenters. The van der Waals surface area contributed by atoms with Crippen LogP contribution in [0.5, 0.6) is 0 Å². The van der Waals surface area contributed by atoms with Gasteiger partial charge >= 0.3 is 0 Å². The Morgan fingerprint density at radius 2 is 2.04 bits per heavy atom. The SMILES string of the molecule is CCCc1cc(=O)[nH]c(SCC(=O)N(C2CCCC2)[C@@H]2CCS(=O)(=O)C2)n1. The van der Waals surface area contributed by atoms with E-state index in [4.69, 9.17) is 0 Å². The maximum absolute atomic E-state index is 13.0. The van der Waals surface area contributed by atoms with Crippen LogP contribution < -0.4 is 5.56 Å². The van der Waals surface area contributed by atoms with E-state index in [0.29, 0.717) is 11.6 Å². The lowest BCUT2D eigenvalue weighted by atomic mass is 10.1. The van der Waals surface area contributed by atoms with E-state index in [1.54, 1.807) is 0 Å². The number of aromatic amines is 1. The van der Waals surface area contributed by atoms with E-state index in [2.05, 4.69) is 9.97 Å². The molecule has 150 valence electrons. The molecule has 7 nitrogen and oxygen atoms in total. The Hall–Kier alpha value is -1.35. The molecular formula is C18H27N3O4S2. The van der Waals surface area contributed by atoms with Crippen LogP contribution in [0.2, 0.25) is 0 Å². The van der Waals surface area contributed by atoms with Gasteiger partial charge in [-0.05, 0) is 25.7 Å². The van der Waals surface area contributed by atoms with Crippen LogP contribution in [0.3, 0.4) is 0 Å². The summed E-state index contributed by atoms with van der Waals surface area (Å²) in [7, 11) is -3.05. The second-order valence-electron chi connectivity index (χ2n) is 7.38. The third-order valence-corrected chi connectivity index (χ3v) is 7.83. The molecule has 2 aliphatic rings. The summed E-state index contributed by atoms with van der Waals surface area (Å²) in [5, 5.41) is 0.449. The summed E-state index contributed by atoms with van der Waals surface area (Å²) in [6, 6.07) is 1.41. The number of hydrogen-bond donors (Lipinski definition) is 1. The van der Waals surface area contributed by atoms with Gasteiger partial charge in [0.2, 0.25) is 5.91 Å².